The number of fused-ring (bicyclic) bond motifs is 1. The minimum Gasteiger partial charge on any atom is -0.366 e. The first-order valence-corrected chi connectivity index (χ1v) is 9.30. The Morgan fingerprint density at radius 2 is 1.82 bits per heavy atom. The van der Waals surface area contributed by atoms with Crippen LogP contribution in [0.4, 0.5) is 11.4 Å². The Bertz CT molecular complexity index is 1030. The Kier molecular flexibility index (Phi) is 4.89. The molecule has 0 bridgehead atoms. The lowest BCUT2D eigenvalue weighted by molar-refractivity contribution is 0.100. The van der Waals surface area contributed by atoms with Crippen molar-refractivity contribution in [1.82, 2.24) is 4.98 Å². The highest BCUT2D eigenvalue weighted by Crippen LogP contribution is 2.24. The van der Waals surface area contributed by atoms with Crippen LogP contribution in [0.5, 0.6) is 0 Å². The lowest BCUT2D eigenvalue weighted by Gasteiger charge is -2.30. The van der Waals surface area contributed by atoms with Gasteiger partial charge in [-0.25, -0.2) is 4.98 Å². The van der Waals surface area contributed by atoms with Crippen molar-refractivity contribution in [1.29, 1.82) is 0 Å². The van der Waals surface area contributed by atoms with Gasteiger partial charge in [-0.3, -0.25) is 9.59 Å². The average Bonchev–Trinajstić information content (AvgIpc) is 2.73. The van der Waals surface area contributed by atoms with Gasteiger partial charge in [-0.05, 0) is 48.7 Å². The molecule has 0 atom stereocenters. The first-order chi connectivity index (χ1) is 13.6. The quantitative estimate of drug-likeness (QED) is 0.702. The fraction of sp³-hybridized carbons (Fsp3) is 0.174. The molecule has 140 valence electrons. The van der Waals surface area contributed by atoms with Crippen LogP contribution in [0.25, 0.3) is 0 Å². The summed E-state index contributed by atoms with van der Waals surface area (Å²) in [6.45, 7) is 3.28. The van der Waals surface area contributed by atoms with Crippen molar-refractivity contribution in [2.45, 2.75) is 19.9 Å². The zero-order chi connectivity index (χ0) is 19.5. The van der Waals surface area contributed by atoms with Crippen LogP contribution in [0.1, 0.15) is 38.9 Å². The number of amides is 1. The van der Waals surface area contributed by atoms with Crippen LogP contribution >= 0.6 is 0 Å². The summed E-state index contributed by atoms with van der Waals surface area (Å²) in [5, 5.41) is 2.80. The molecule has 0 spiro atoms. The molecular formula is C23H21N3O2. The van der Waals surface area contributed by atoms with Gasteiger partial charge in [0.2, 0.25) is 0 Å². The summed E-state index contributed by atoms with van der Waals surface area (Å²) in [4.78, 5) is 30.6. The number of Topliss-reactive ketones (excluding diaryl/α,β-unsaturated/α-hetero) is 1. The van der Waals surface area contributed by atoms with Gasteiger partial charge in [0.15, 0.2) is 5.78 Å². The number of pyridine rings is 1. The van der Waals surface area contributed by atoms with E-state index in [1.165, 1.54) is 18.1 Å². The van der Waals surface area contributed by atoms with Crippen LogP contribution in [-0.2, 0) is 13.0 Å². The lowest BCUT2D eigenvalue weighted by Crippen LogP contribution is -2.30. The zero-order valence-electron chi connectivity index (χ0n) is 15.7. The second-order valence-corrected chi connectivity index (χ2v) is 6.93. The highest BCUT2D eigenvalue weighted by Gasteiger charge is 2.17. The number of hydrogen-bond donors (Lipinski definition) is 1. The number of ketones is 1. The van der Waals surface area contributed by atoms with Gasteiger partial charge in [-0.15, -0.1) is 0 Å². The summed E-state index contributed by atoms with van der Waals surface area (Å²) in [6.07, 6.45) is 2.75. The Hall–Kier alpha value is -3.47. The van der Waals surface area contributed by atoms with Gasteiger partial charge in [-0.2, -0.15) is 0 Å². The van der Waals surface area contributed by atoms with Crippen LogP contribution in [0.15, 0.2) is 66.9 Å². The number of aromatic nitrogens is 1. The number of carbonyl (C=O) groups is 2. The highest BCUT2D eigenvalue weighted by atomic mass is 16.2. The lowest BCUT2D eigenvalue weighted by atomic mass is 10.00. The van der Waals surface area contributed by atoms with Crippen LogP contribution in [-0.4, -0.2) is 23.2 Å². The molecule has 28 heavy (non-hydrogen) atoms. The molecule has 0 radical (unpaired) electrons. The van der Waals surface area contributed by atoms with Crippen LogP contribution in [0.2, 0.25) is 0 Å². The molecular weight excluding hydrogens is 350 g/mol. The molecule has 3 aromatic rings. The van der Waals surface area contributed by atoms with E-state index >= 15 is 0 Å². The summed E-state index contributed by atoms with van der Waals surface area (Å²) in [5.41, 5.74) is 5.22. The van der Waals surface area contributed by atoms with Crippen molar-refractivity contribution in [3.63, 3.8) is 0 Å². The van der Waals surface area contributed by atoms with Crippen molar-refractivity contribution in [2.24, 2.45) is 0 Å². The van der Waals surface area contributed by atoms with Gasteiger partial charge in [0, 0.05) is 24.3 Å². The van der Waals surface area contributed by atoms with Crippen LogP contribution in [0, 0.1) is 0 Å². The maximum Gasteiger partial charge on any atom is 0.274 e. The summed E-state index contributed by atoms with van der Waals surface area (Å²) in [6, 6.07) is 19.0. The molecule has 0 saturated carbocycles. The Morgan fingerprint density at radius 1 is 1.00 bits per heavy atom. The summed E-state index contributed by atoms with van der Waals surface area (Å²) < 4.78 is 0. The summed E-state index contributed by atoms with van der Waals surface area (Å²) in [5.74, 6) is -0.335. The van der Waals surface area contributed by atoms with E-state index in [9.17, 15) is 9.59 Å². The first kappa shape index (κ1) is 17.9. The second-order valence-electron chi connectivity index (χ2n) is 6.93. The maximum atomic E-state index is 12.5. The molecule has 5 heteroatoms. The molecule has 2 aromatic carbocycles. The number of nitrogens with one attached hydrogen (secondary N) is 1. The first-order valence-electron chi connectivity index (χ1n) is 9.30. The van der Waals surface area contributed by atoms with Crippen molar-refractivity contribution < 1.29 is 9.59 Å². The molecule has 2 heterocycles. The average molecular weight is 371 g/mol. The van der Waals surface area contributed by atoms with E-state index in [2.05, 4.69) is 39.5 Å². The molecule has 1 amide bonds. The van der Waals surface area contributed by atoms with Gasteiger partial charge in [-0.1, -0.05) is 36.4 Å². The minimum absolute atomic E-state index is 0.0401. The summed E-state index contributed by atoms with van der Waals surface area (Å²) >= 11 is 0. The molecule has 5 nitrogen and oxygen atoms in total. The van der Waals surface area contributed by atoms with E-state index in [1.54, 1.807) is 36.5 Å². The third-order valence-corrected chi connectivity index (χ3v) is 5.00. The number of nitrogens with zero attached hydrogens (tertiary/aromatic N) is 2. The molecule has 0 unspecified atom stereocenters. The zero-order valence-corrected chi connectivity index (χ0v) is 15.7. The number of hydrogen-bond acceptors (Lipinski definition) is 4. The Balaban J connectivity index is 1.45. The molecule has 0 aliphatic carbocycles. The highest BCUT2D eigenvalue weighted by molar-refractivity contribution is 6.04. The van der Waals surface area contributed by atoms with Gasteiger partial charge >= 0.3 is 0 Å². The molecule has 1 aliphatic rings. The van der Waals surface area contributed by atoms with E-state index in [0.717, 1.165) is 25.2 Å². The van der Waals surface area contributed by atoms with Gasteiger partial charge in [0.05, 0.1) is 11.9 Å². The van der Waals surface area contributed by atoms with Gasteiger partial charge in [0.25, 0.3) is 5.91 Å². The third kappa shape index (κ3) is 3.78. The van der Waals surface area contributed by atoms with Crippen molar-refractivity contribution in [3.8, 4) is 0 Å². The molecule has 4 rings (SSSR count). The predicted octanol–water partition coefficient (Wildman–Crippen LogP) is 4.10. The fourth-order valence-corrected chi connectivity index (χ4v) is 3.43. The molecule has 1 aromatic heterocycles. The smallest absolute Gasteiger partial charge is 0.274 e. The topological polar surface area (TPSA) is 62.3 Å². The molecule has 1 N–H and O–H groups in total. The number of anilines is 2. The molecule has 1 aliphatic heterocycles. The minimum atomic E-state index is -0.295. The molecule has 0 saturated heterocycles. The van der Waals surface area contributed by atoms with E-state index in [-0.39, 0.29) is 11.7 Å². The number of benzene rings is 2. The Labute approximate surface area is 164 Å². The monoisotopic (exact) mass is 371 g/mol. The van der Waals surface area contributed by atoms with E-state index in [1.807, 2.05) is 6.07 Å². The third-order valence-electron chi connectivity index (χ3n) is 5.00. The Morgan fingerprint density at radius 3 is 2.57 bits per heavy atom. The summed E-state index contributed by atoms with van der Waals surface area (Å²) in [7, 11) is 0. The van der Waals surface area contributed by atoms with Gasteiger partial charge in [0.1, 0.15) is 5.69 Å². The molecule has 0 fully saturated rings. The number of rotatable bonds is 4. The van der Waals surface area contributed by atoms with Gasteiger partial charge < -0.3 is 10.2 Å². The van der Waals surface area contributed by atoms with Crippen molar-refractivity contribution >= 4 is 23.1 Å². The van der Waals surface area contributed by atoms with E-state index in [0.29, 0.717) is 16.9 Å². The fourth-order valence-electron chi connectivity index (χ4n) is 3.43. The largest absolute Gasteiger partial charge is 0.366 e. The second kappa shape index (κ2) is 7.64. The van der Waals surface area contributed by atoms with Crippen molar-refractivity contribution in [3.05, 3.63) is 89.2 Å². The maximum absolute atomic E-state index is 12.5. The predicted molar refractivity (Wildman–Crippen MR) is 110 cm³/mol. The van der Waals surface area contributed by atoms with Crippen molar-refractivity contribution in [2.75, 3.05) is 16.8 Å². The SMILES string of the molecule is CC(=O)c1cccc(NC(=O)c2ccc(N3CCc4ccccc4C3)cn2)c1. The van der Waals surface area contributed by atoms with Crippen LogP contribution in [0.3, 0.4) is 0 Å². The standard InChI is InChI=1S/C23H21N3O2/c1-16(27)18-7-4-8-20(13-18)25-23(28)22-10-9-21(14-24-22)26-12-11-17-5-2-3-6-19(17)15-26/h2-10,13-14H,11-12,15H2,1H3,(H,25,28). The normalized spacial score (nSPS) is 13.0. The number of carbonyl (C=O) groups excluding carboxylic acids is 2. The van der Waals surface area contributed by atoms with E-state index in [4.69, 9.17) is 0 Å². The van der Waals surface area contributed by atoms with E-state index < -0.39 is 0 Å². The van der Waals surface area contributed by atoms with Crippen LogP contribution < -0.4 is 10.2 Å².